The molecule has 4 nitrogen and oxygen atoms in total. The third-order valence-corrected chi connectivity index (χ3v) is 5.51. The Hall–Kier alpha value is -2.98. The van der Waals surface area contributed by atoms with E-state index in [4.69, 9.17) is 9.47 Å². The summed E-state index contributed by atoms with van der Waals surface area (Å²) in [6, 6.07) is 20.4. The molecule has 1 heterocycles. The minimum absolute atomic E-state index is 0.108. The molecule has 174 valence electrons. The molecule has 3 aromatic rings. The minimum atomic E-state index is -0.290. The predicted octanol–water partition coefficient (Wildman–Crippen LogP) is 7.26. The van der Waals surface area contributed by atoms with E-state index in [1.54, 1.807) is 0 Å². The van der Waals surface area contributed by atoms with Gasteiger partial charge in [-0.3, -0.25) is 9.78 Å². The van der Waals surface area contributed by atoms with Crippen LogP contribution in [0.5, 0.6) is 5.75 Å². The molecule has 33 heavy (non-hydrogen) atoms. The lowest BCUT2D eigenvalue weighted by molar-refractivity contribution is -0.135. The molecule has 0 spiro atoms. The third-order valence-electron chi connectivity index (χ3n) is 5.51. The highest BCUT2D eigenvalue weighted by molar-refractivity contribution is 5.73. The number of benzene rings is 2. The standard InChI is InChI=1S/C29H35NO3/c1-4-5-6-7-8-23-9-11-25(12-10-23)28-18-15-26(21-30-28)24-13-16-27(17-14-24)33-29(31)19-20-32-22(2)3/h9-18,21-22H,4-8,19-20H2,1-3H3. The predicted molar refractivity (Wildman–Crippen MR) is 134 cm³/mol. The van der Waals surface area contributed by atoms with Crippen LogP contribution in [0.3, 0.4) is 0 Å². The maximum Gasteiger partial charge on any atom is 0.313 e. The number of carbonyl (C=O) groups excluding carboxylic acids is 1. The molecular formula is C29H35NO3. The minimum Gasteiger partial charge on any atom is -0.426 e. The Labute approximate surface area is 198 Å². The average molecular weight is 446 g/mol. The Morgan fingerprint density at radius 2 is 1.55 bits per heavy atom. The number of hydrogen-bond acceptors (Lipinski definition) is 4. The molecule has 0 aliphatic rings. The molecule has 0 unspecified atom stereocenters. The summed E-state index contributed by atoms with van der Waals surface area (Å²) in [5.74, 6) is 0.244. The van der Waals surface area contributed by atoms with Gasteiger partial charge in [0.25, 0.3) is 0 Å². The first-order valence-electron chi connectivity index (χ1n) is 12.0. The quantitative estimate of drug-likeness (QED) is 0.167. The SMILES string of the molecule is CCCCCCc1ccc(-c2ccc(-c3ccc(OC(=O)CCOC(C)C)cc3)cn2)cc1. The van der Waals surface area contributed by atoms with Crippen molar-refractivity contribution in [1.82, 2.24) is 4.98 Å². The van der Waals surface area contributed by atoms with Crippen LogP contribution in [0.4, 0.5) is 0 Å². The molecule has 0 atom stereocenters. The van der Waals surface area contributed by atoms with Gasteiger partial charge in [0, 0.05) is 17.3 Å². The first-order chi connectivity index (χ1) is 16.0. The molecule has 1 aromatic heterocycles. The lowest BCUT2D eigenvalue weighted by atomic mass is 10.0. The zero-order valence-electron chi connectivity index (χ0n) is 20.0. The fourth-order valence-electron chi connectivity index (χ4n) is 3.61. The summed E-state index contributed by atoms with van der Waals surface area (Å²) in [6.45, 7) is 6.49. The van der Waals surface area contributed by atoms with E-state index >= 15 is 0 Å². The fourth-order valence-corrected chi connectivity index (χ4v) is 3.61. The molecule has 2 aromatic carbocycles. The van der Waals surface area contributed by atoms with Crippen LogP contribution in [0.1, 0.15) is 58.4 Å². The van der Waals surface area contributed by atoms with Crippen LogP contribution in [-0.2, 0) is 16.0 Å². The number of carbonyl (C=O) groups is 1. The molecular weight excluding hydrogens is 410 g/mol. The number of ether oxygens (including phenoxy) is 2. The van der Waals surface area contributed by atoms with E-state index in [1.807, 2.05) is 50.4 Å². The molecule has 0 radical (unpaired) electrons. The van der Waals surface area contributed by atoms with Gasteiger partial charge in [0.15, 0.2) is 0 Å². The van der Waals surface area contributed by atoms with Crippen molar-refractivity contribution < 1.29 is 14.3 Å². The van der Waals surface area contributed by atoms with E-state index in [0.29, 0.717) is 12.4 Å². The Bertz CT molecular complexity index is 977. The van der Waals surface area contributed by atoms with Gasteiger partial charge in [0.05, 0.1) is 24.8 Å². The molecule has 0 bridgehead atoms. The molecule has 0 saturated carbocycles. The summed E-state index contributed by atoms with van der Waals surface area (Å²) in [4.78, 5) is 16.6. The summed E-state index contributed by atoms with van der Waals surface area (Å²) >= 11 is 0. The second kappa shape index (κ2) is 12.9. The Morgan fingerprint density at radius 3 is 2.18 bits per heavy atom. The van der Waals surface area contributed by atoms with E-state index in [1.165, 1.54) is 31.2 Å². The second-order valence-corrected chi connectivity index (χ2v) is 8.61. The molecule has 0 saturated heterocycles. The highest BCUT2D eigenvalue weighted by Crippen LogP contribution is 2.25. The van der Waals surface area contributed by atoms with Crippen molar-refractivity contribution in [2.45, 2.75) is 65.4 Å². The highest BCUT2D eigenvalue weighted by Gasteiger charge is 2.07. The molecule has 0 fully saturated rings. The normalized spacial score (nSPS) is 11.0. The number of pyridine rings is 1. The van der Waals surface area contributed by atoms with Crippen molar-refractivity contribution in [3.05, 3.63) is 72.4 Å². The summed E-state index contributed by atoms with van der Waals surface area (Å²) in [5, 5.41) is 0. The van der Waals surface area contributed by atoms with Gasteiger partial charge >= 0.3 is 5.97 Å². The van der Waals surface area contributed by atoms with Crippen LogP contribution >= 0.6 is 0 Å². The lowest BCUT2D eigenvalue weighted by Gasteiger charge is -2.08. The molecule has 0 amide bonds. The van der Waals surface area contributed by atoms with Gasteiger partial charge in [-0.25, -0.2) is 0 Å². The first-order valence-corrected chi connectivity index (χ1v) is 12.0. The fraction of sp³-hybridized carbons (Fsp3) is 0.379. The van der Waals surface area contributed by atoms with Crippen molar-refractivity contribution in [3.63, 3.8) is 0 Å². The zero-order chi connectivity index (χ0) is 23.5. The van der Waals surface area contributed by atoms with Crippen LogP contribution in [-0.4, -0.2) is 23.7 Å². The number of rotatable bonds is 12. The second-order valence-electron chi connectivity index (χ2n) is 8.61. The molecule has 0 aliphatic heterocycles. The monoisotopic (exact) mass is 445 g/mol. The van der Waals surface area contributed by atoms with Gasteiger partial charge in [0.2, 0.25) is 0 Å². The zero-order valence-corrected chi connectivity index (χ0v) is 20.0. The Kier molecular flexibility index (Phi) is 9.64. The lowest BCUT2D eigenvalue weighted by Crippen LogP contribution is -2.13. The number of nitrogens with zero attached hydrogens (tertiary/aromatic N) is 1. The van der Waals surface area contributed by atoms with Crippen LogP contribution < -0.4 is 4.74 Å². The smallest absolute Gasteiger partial charge is 0.313 e. The van der Waals surface area contributed by atoms with Gasteiger partial charge in [0.1, 0.15) is 5.75 Å². The molecule has 0 aliphatic carbocycles. The van der Waals surface area contributed by atoms with Crippen molar-refractivity contribution in [2.75, 3.05) is 6.61 Å². The van der Waals surface area contributed by atoms with Crippen LogP contribution in [0.2, 0.25) is 0 Å². The van der Waals surface area contributed by atoms with Gasteiger partial charge in [-0.1, -0.05) is 68.7 Å². The number of aryl methyl sites for hydroxylation is 1. The van der Waals surface area contributed by atoms with E-state index < -0.39 is 0 Å². The van der Waals surface area contributed by atoms with Crippen molar-refractivity contribution in [1.29, 1.82) is 0 Å². The van der Waals surface area contributed by atoms with Crippen LogP contribution in [0.15, 0.2) is 66.9 Å². The van der Waals surface area contributed by atoms with E-state index in [-0.39, 0.29) is 18.5 Å². The summed E-state index contributed by atoms with van der Waals surface area (Å²) in [5.41, 5.74) is 5.53. The Morgan fingerprint density at radius 1 is 0.848 bits per heavy atom. The van der Waals surface area contributed by atoms with E-state index in [9.17, 15) is 4.79 Å². The molecule has 3 rings (SSSR count). The van der Waals surface area contributed by atoms with Crippen molar-refractivity contribution in [2.24, 2.45) is 0 Å². The highest BCUT2D eigenvalue weighted by atomic mass is 16.5. The van der Waals surface area contributed by atoms with Crippen LogP contribution in [0.25, 0.3) is 22.4 Å². The third kappa shape index (κ3) is 8.14. The molecule has 4 heteroatoms. The average Bonchev–Trinajstić information content (AvgIpc) is 2.83. The van der Waals surface area contributed by atoms with Gasteiger partial charge in [-0.15, -0.1) is 0 Å². The first kappa shape index (κ1) is 24.7. The van der Waals surface area contributed by atoms with Crippen molar-refractivity contribution >= 4 is 5.97 Å². The van der Waals surface area contributed by atoms with Gasteiger partial charge in [-0.05, 0) is 56.0 Å². The number of unbranched alkanes of at least 4 members (excludes halogenated alkanes) is 3. The van der Waals surface area contributed by atoms with Gasteiger partial charge in [-0.2, -0.15) is 0 Å². The number of hydrogen-bond donors (Lipinski definition) is 0. The largest absolute Gasteiger partial charge is 0.426 e. The number of esters is 1. The van der Waals surface area contributed by atoms with E-state index in [2.05, 4.69) is 42.2 Å². The van der Waals surface area contributed by atoms with Crippen LogP contribution in [0, 0.1) is 0 Å². The summed E-state index contributed by atoms with van der Waals surface area (Å²) < 4.78 is 10.8. The molecule has 0 N–H and O–H groups in total. The summed E-state index contributed by atoms with van der Waals surface area (Å²) in [7, 11) is 0. The number of aromatic nitrogens is 1. The van der Waals surface area contributed by atoms with Crippen molar-refractivity contribution in [3.8, 4) is 28.1 Å². The maximum absolute atomic E-state index is 11.9. The topological polar surface area (TPSA) is 48.4 Å². The Balaban J connectivity index is 1.54. The van der Waals surface area contributed by atoms with Gasteiger partial charge < -0.3 is 9.47 Å². The maximum atomic E-state index is 11.9. The summed E-state index contributed by atoms with van der Waals surface area (Å²) in [6.07, 6.45) is 8.52. The van der Waals surface area contributed by atoms with E-state index in [0.717, 1.165) is 28.8 Å².